The quantitative estimate of drug-likeness (QED) is 0.123. The minimum absolute atomic E-state index is 0.0850. The lowest BCUT2D eigenvalue weighted by Gasteiger charge is -2.08. The lowest BCUT2D eigenvalue weighted by molar-refractivity contribution is -0.225. The van der Waals surface area contributed by atoms with Crippen molar-refractivity contribution in [3.63, 3.8) is 0 Å². The minimum atomic E-state index is -1.07. The van der Waals surface area contributed by atoms with Crippen molar-refractivity contribution in [2.45, 2.75) is 12.7 Å². The Morgan fingerprint density at radius 1 is 1.27 bits per heavy atom. The van der Waals surface area contributed by atoms with Crippen LogP contribution in [-0.4, -0.2) is 43.4 Å². The molecule has 11 heavy (non-hydrogen) atoms. The second-order valence-electron chi connectivity index (χ2n) is 1.61. The van der Waals surface area contributed by atoms with Gasteiger partial charge in [-0.3, -0.25) is 4.81 Å². The highest BCUT2D eigenvalue weighted by molar-refractivity contribution is 6.15. The molecule has 0 aliphatic heterocycles. The highest BCUT2D eigenvalue weighted by Gasteiger charge is 2.03. The third kappa shape index (κ3) is 7.79. The lowest BCUT2D eigenvalue weighted by Crippen LogP contribution is -2.17. The predicted molar refractivity (Wildman–Crippen MR) is 37.5 cm³/mol. The molecule has 0 aromatic rings. The Hall–Kier alpha value is -0.110. The fourth-order valence-corrected chi connectivity index (χ4v) is 0.414. The van der Waals surface area contributed by atoms with Gasteiger partial charge in [0.2, 0.25) is 0 Å². The Morgan fingerprint density at radius 3 is 2.55 bits per heavy atom. The zero-order chi connectivity index (χ0) is 8.53. The Labute approximate surface area is 65.2 Å². The standard InChI is InChI=1S/C3H10B2O6/c6-3(10-4-7)1-2-9-11-5-8/h3-8H,1-2H2. The molecule has 64 valence electrons. The molecule has 0 heterocycles. The molecule has 3 N–H and O–H groups in total. The highest BCUT2D eigenvalue weighted by Crippen LogP contribution is 1.92. The Bertz CT molecular complexity index is 82.2. The van der Waals surface area contributed by atoms with Crippen LogP contribution in [0.25, 0.3) is 0 Å². The van der Waals surface area contributed by atoms with E-state index in [0.717, 1.165) is 0 Å². The second-order valence-corrected chi connectivity index (χ2v) is 1.61. The summed E-state index contributed by atoms with van der Waals surface area (Å²) in [5.74, 6) is 0. The molecule has 0 aliphatic carbocycles. The fraction of sp³-hybridized carbons (Fsp3) is 1.00. The third-order valence-electron chi connectivity index (χ3n) is 0.851. The van der Waals surface area contributed by atoms with Gasteiger partial charge in [-0.1, -0.05) is 0 Å². The first-order chi connectivity index (χ1) is 5.31. The zero-order valence-electron chi connectivity index (χ0n) is 5.97. The number of hydrogen-bond acceptors (Lipinski definition) is 6. The van der Waals surface area contributed by atoms with Crippen LogP contribution in [0.5, 0.6) is 0 Å². The molecule has 0 rings (SSSR count). The van der Waals surface area contributed by atoms with E-state index < -0.39 is 21.7 Å². The predicted octanol–water partition coefficient (Wildman–Crippen LogP) is -2.82. The van der Waals surface area contributed by atoms with Crippen molar-refractivity contribution >= 4 is 15.4 Å². The van der Waals surface area contributed by atoms with Crippen LogP contribution < -0.4 is 0 Å². The molecule has 1 atom stereocenters. The van der Waals surface area contributed by atoms with Crippen LogP contribution in [-0.2, 0) is 14.3 Å². The van der Waals surface area contributed by atoms with Crippen LogP contribution in [0.1, 0.15) is 6.42 Å². The maximum absolute atomic E-state index is 8.77. The van der Waals surface area contributed by atoms with Gasteiger partial charge in [0.15, 0.2) is 0 Å². The first-order valence-electron chi connectivity index (χ1n) is 3.07. The summed E-state index contributed by atoms with van der Waals surface area (Å²) in [6.45, 7) is 0.0850. The molecule has 0 aliphatic rings. The van der Waals surface area contributed by atoms with Crippen molar-refractivity contribution in [3.05, 3.63) is 0 Å². The third-order valence-corrected chi connectivity index (χ3v) is 0.851. The number of aliphatic hydroxyl groups excluding tert-OH is 1. The van der Waals surface area contributed by atoms with Crippen LogP contribution in [0.4, 0.5) is 0 Å². The molecule has 0 spiro atoms. The van der Waals surface area contributed by atoms with E-state index in [-0.39, 0.29) is 13.0 Å². The second kappa shape index (κ2) is 7.99. The average molecular weight is 164 g/mol. The molecule has 0 bridgehead atoms. The summed E-state index contributed by atoms with van der Waals surface area (Å²) in [5, 5.41) is 25.0. The van der Waals surface area contributed by atoms with Crippen molar-refractivity contribution < 1.29 is 29.5 Å². The average Bonchev–Trinajstić information content (AvgIpc) is 1.99. The van der Waals surface area contributed by atoms with Gasteiger partial charge in [-0.25, -0.2) is 4.89 Å². The van der Waals surface area contributed by atoms with Crippen LogP contribution in [0, 0.1) is 0 Å². The molecule has 0 saturated heterocycles. The summed E-state index contributed by atoms with van der Waals surface area (Å²) >= 11 is 0. The summed E-state index contributed by atoms with van der Waals surface area (Å²) in [7, 11) is -1.07. The summed E-state index contributed by atoms with van der Waals surface area (Å²) in [5.41, 5.74) is 0. The van der Waals surface area contributed by atoms with E-state index in [1.165, 1.54) is 0 Å². The van der Waals surface area contributed by atoms with E-state index in [2.05, 4.69) is 14.3 Å². The van der Waals surface area contributed by atoms with Crippen LogP contribution in [0.2, 0.25) is 0 Å². The first-order valence-corrected chi connectivity index (χ1v) is 3.07. The van der Waals surface area contributed by atoms with Crippen LogP contribution in [0.15, 0.2) is 0 Å². The van der Waals surface area contributed by atoms with E-state index in [1.807, 2.05) is 0 Å². The molecule has 0 aromatic carbocycles. The molecule has 8 heteroatoms. The Kier molecular flexibility index (Phi) is 7.91. The molecule has 0 radical (unpaired) electrons. The Balaban J connectivity index is 2.97. The van der Waals surface area contributed by atoms with Gasteiger partial charge in [-0.15, -0.1) is 0 Å². The maximum atomic E-state index is 8.77. The number of hydrogen-bond donors (Lipinski definition) is 3. The van der Waals surface area contributed by atoms with Gasteiger partial charge < -0.3 is 19.8 Å². The zero-order valence-corrected chi connectivity index (χ0v) is 5.97. The van der Waals surface area contributed by atoms with E-state index >= 15 is 0 Å². The van der Waals surface area contributed by atoms with Crippen molar-refractivity contribution in [3.8, 4) is 0 Å². The molecule has 0 amide bonds. The monoisotopic (exact) mass is 164 g/mol. The van der Waals surface area contributed by atoms with E-state index in [4.69, 9.17) is 15.2 Å². The summed E-state index contributed by atoms with van der Waals surface area (Å²) < 4.78 is 4.34. The largest absolute Gasteiger partial charge is 0.470 e. The topological polar surface area (TPSA) is 88.4 Å². The number of rotatable bonds is 7. The van der Waals surface area contributed by atoms with E-state index in [9.17, 15) is 0 Å². The molecule has 0 saturated carbocycles. The molecular weight excluding hydrogens is 154 g/mol. The van der Waals surface area contributed by atoms with Gasteiger partial charge in [0.1, 0.15) is 6.29 Å². The van der Waals surface area contributed by atoms with Gasteiger partial charge >= 0.3 is 15.4 Å². The molecular formula is C3H10B2O6. The lowest BCUT2D eigenvalue weighted by atomic mass is 10.3. The summed E-state index contributed by atoms with van der Waals surface area (Å²) in [4.78, 5) is 8.42. The molecule has 0 fully saturated rings. The van der Waals surface area contributed by atoms with Crippen LogP contribution in [0.3, 0.4) is 0 Å². The smallest absolute Gasteiger partial charge is 0.430 e. The Morgan fingerprint density at radius 2 is 2.00 bits per heavy atom. The maximum Gasteiger partial charge on any atom is 0.470 e. The van der Waals surface area contributed by atoms with Gasteiger partial charge in [-0.2, -0.15) is 0 Å². The van der Waals surface area contributed by atoms with Gasteiger partial charge in [0.05, 0.1) is 6.61 Å². The molecule has 0 aromatic heterocycles. The van der Waals surface area contributed by atoms with E-state index in [1.54, 1.807) is 0 Å². The van der Waals surface area contributed by atoms with Gasteiger partial charge in [-0.05, 0) is 0 Å². The highest BCUT2D eigenvalue weighted by atomic mass is 17.2. The first kappa shape index (κ1) is 10.9. The van der Waals surface area contributed by atoms with Crippen LogP contribution >= 0.6 is 0 Å². The van der Waals surface area contributed by atoms with Gasteiger partial charge in [0.25, 0.3) is 0 Å². The summed E-state index contributed by atoms with van der Waals surface area (Å²) in [6.07, 6.45) is -0.900. The van der Waals surface area contributed by atoms with Crippen molar-refractivity contribution in [2.24, 2.45) is 0 Å². The van der Waals surface area contributed by atoms with Crippen molar-refractivity contribution in [1.82, 2.24) is 0 Å². The normalized spacial score (nSPS) is 12.6. The minimum Gasteiger partial charge on any atom is -0.430 e. The molecule has 1 unspecified atom stereocenters. The van der Waals surface area contributed by atoms with Crippen molar-refractivity contribution in [1.29, 1.82) is 0 Å². The molecule has 6 nitrogen and oxygen atoms in total. The van der Waals surface area contributed by atoms with Crippen molar-refractivity contribution in [2.75, 3.05) is 6.61 Å². The SMILES string of the molecule is OBOOCCC(O)OBO. The fourth-order valence-electron chi connectivity index (χ4n) is 0.414. The number of aliphatic hydroxyl groups is 1. The van der Waals surface area contributed by atoms with E-state index in [0.29, 0.717) is 0 Å². The van der Waals surface area contributed by atoms with Gasteiger partial charge in [0, 0.05) is 6.42 Å². The summed E-state index contributed by atoms with van der Waals surface area (Å²) in [6, 6.07) is 0.